The van der Waals surface area contributed by atoms with E-state index in [2.05, 4.69) is 31.3 Å². The van der Waals surface area contributed by atoms with Crippen LogP contribution in [0.4, 0.5) is 0 Å². The van der Waals surface area contributed by atoms with Gasteiger partial charge in [-0.1, -0.05) is 24.3 Å². The molecule has 0 bridgehead atoms. The van der Waals surface area contributed by atoms with E-state index in [0.717, 1.165) is 40.2 Å². The molecule has 3 rings (SSSR count). The van der Waals surface area contributed by atoms with E-state index < -0.39 is 0 Å². The second kappa shape index (κ2) is 7.02. The Bertz CT molecular complexity index is 826. The minimum absolute atomic E-state index is 0.0174. The van der Waals surface area contributed by atoms with Gasteiger partial charge in [0.15, 0.2) is 0 Å². The van der Waals surface area contributed by atoms with Crippen LogP contribution in [-0.2, 0) is 11.2 Å². The Balaban J connectivity index is 1.76. The van der Waals surface area contributed by atoms with Crippen molar-refractivity contribution in [3.8, 4) is 11.5 Å². The van der Waals surface area contributed by atoms with Gasteiger partial charge in [-0.25, -0.2) is 0 Å². The lowest BCUT2D eigenvalue weighted by Crippen LogP contribution is -2.41. The number of ether oxygens (including phenoxy) is 2. The molecule has 1 unspecified atom stereocenters. The van der Waals surface area contributed by atoms with Crippen LogP contribution >= 0.6 is 0 Å². The molecule has 138 valence electrons. The number of hydrogen-bond donors (Lipinski definition) is 1. The van der Waals surface area contributed by atoms with Gasteiger partial charge >= 0.3 is 0 Å². The summed E-state index contributed by atoms with van der Waals surface area (Å²) in [6.07, 6.45) is 1.10. The normalized spacial score (nSPS) is 17.8. The van der Waals surface area contributed by atoms with Crippen molar-refractivity contribution < 1.29 is 14.3 Å². The van der Waals surface area contributed by atoms with Gasteiger partial charge < -0.3 is 14.8 Å². The first-order valence-electron chi connectivity index (χ1n) is 9.00. The first-order chi connectivity index (χ1) is 12.3. The molecule has 1 heterocycles. The third kappa shape index (κ3) is 4.01. The summed E-state index contributed by atoms with van der Waals surface area (Å²) in [5.41, 5.74) is 3.91. The highest BCUT2D eigenvalue weighted by Gasteiger charge is 2.34. The number of carbonyl (C=O) groups is 1. The number of aryl methyl sites for hydroxylation is 2. The average molecular weight is 353 g/mol. The highest BCUT2D eigenvalue weighted by molar-refractivity contribution is 5.79. The maximum Gasteiger partial charge on any atom is 0.224 e. The first kappa shape index (κ1) is 18.3. The van der Waals surface area contributed by atoms with E-state index in [0.29, 0.717) is 6.42 Å². The van der Waals surface area contributed by atoms with Crippen molar-refractivity contribution in [3.05, 3.63) is 58.7 Å². The lowest BCUT2D eigenvalue weighted by Gasteiger charge is -2.38. The zero-order valence-electron chi connectivity index (χ0n) is 16.2. The van der Waals surface area contributed by atoms with Crippen LogP contribution in [0.25, 0.3) is 0 Å². The number of amides is 1. The summed E-state index contributed by atoms with van der Waals surface area (Å²) in [5, 5.41) is 3.20. The quantitative estimate of drug-likeness (QED) is 0.893. The molecule has 1 N–H and O–H groups in total. The number of carbonyl (C=O) groups excluding carboxylic acids is 1. The molecule has 0 saturated heterocycles. The average Bonchev–Trinajstić information content (AvgIpc) is 2.53. The highest BCUT2D eigenvalue weighted by atomic mass is 16.5. The number of benzene rings is 2. The fourth-order valence-corrected chi connectivity index (χ4v) is 3.57. The molecule has 0 aliphatic carbocycles. The van der Waals surface area contributed by atoms with Crippen LogP contribution < -0.4 is 14.8 Å². The molecule has 0 fully saturated rings. The van der Waals surface area contributed by atoms with Crippen molar-refractivity contribution in [2.75, 3.05) is 7.11 Å². The zero-order chi connectivity index (χ0) is 18.9. The monoisotopic (exact) mass is 353 g/mol. The number of nitrogens with one attached hydrogen (secondary N) is 1. The molecule has 1 amide bonds. The van der Waals surface area contributed by atoms with Gasteiger partial charge in [0.2, 0.25) is 5.91 Å². The maximum atomic E-state index is 12.7. The summed E-state index contributed by atoms with van der Waals surface area (Å²) in [4.78, 5) is 12.7. The number of methoxy groups -OCH3 is 1. The van der Waals surface area contributed by atoms with E-state index in [1.54, 1.807) is 7.11 Å². The standard InChI is InChI=1S/C22H27NO3/c1-14-6-8-17-18(13-22(3,4)26-20(17)10-14)23-21(24)12-16-7-9-19(25-5)15(2)11-16/h6-11,18H,12-13H2,1-5H3,(H,23,24). The SMILES string of the molecule is COc1ccc(CC(=O)NC2CC(C)(C)Oc3cc(C)ccc32)cc1C. The molecule has 0 aromatic heterocycles. The highest BCUT2D eigenvalue weighted by Crippen LogP contribution is 2.39. The van der Waals surface area contributed by atoms with Crippen LogP contribution in [-0.4, -0.2) is 18.6 Å². The summed E-state index contributed by atoms with van der Waals surface area (Å²) in [5.74, 6) is 1.72. The number of hydrogen-bond acceptors (Lipinski definition) is 3. The van der Waals surface area contributed by atoms with Crippen LogP contribution in [0.15, 0.2) is 36.4 Å². The van der Waals surface area contributed by atoms with Crippen LogP contribution in [0.3, 0.4) is 0 Å². The van der Waals surface area contributed by atoms with Gasteiger partial charge in [0.05, 0.1) is 19.6 Å². The van der Waals surface area contributed by atoms with Crippen molar-refractivity contribution in [1.29, 1.82) is 0 Å². The Kier molecular flexibility index (Phi) is 4.94. The lowest BCUT2D eigenvalue weighted by molar-refractivity contribution is -0.121. The van der Waals surface area contributed by atoms with Gasteiger partial charge in [0.1, 0.15) is 17.1 Å². The molecule has 1 atom stereocenters. The summed E-state index contributed by atoms with van der Waals surface area (Å²) in [6, 6.07) is 12.0. The topological polar surface area (TPSA) is 47.6 Å². The summed E-state index contributed by atoms with van der Waals surface area (Å²) >= 11 is 0. The summed E-state index contributed by atoms with van der Waals surface area (Å²) < 4.78 is 11.4. The predicted molar refractivity (Wildman–Crippen MR) is 103 cm³/mol. The Morgan fingerprint density at radius 1 is 1.23 bits per heavy atom. The molecule has 2 aromatic rings. The van der Waals surface area contributed by atoms with E-state index >= 15 is 0 Å². The minimum Gasteiger partial charge on any atom is -0.496 e. The molecule has 0 radical (unpaired) electrons. The molecule has 1 aliphatic heterocycles. The van der Waals surface area contributed by atoms with E-state index in [-0.39, 0.29) is 17.6 Å². The van der Waals surface area contributed by atoms with Gasteiger partial charge in [0, 0.05) is 12.0 Å². The van der Waals surface area contributed by atoms with Crippen molar-refractivity contribution in [1.82, 2.24) is 5.32 Å². The van der Waals surface area contributed by atoms with Gasteiger partial charge in [-0.05, 0) is 56.5 Å². The Hall–Kier alpha value is -2.49. The van der Waals surface area contributed by atoms with Gasteiger partial charge in [0.25, 0.3) is 0 Å². The number of fused-ring (bicyclic) bond motifs is 1. The van der Waals surface area contributed by atoms with Crippen LogP contribution in [0, 0.1) is 13.8 Å². The Labute approximate surface area is 155 Å². The second-order valence-corrected chi connectivity index (χ2v) is 7.71. The van der Waals surface area contributed by atoms with Gasteiger partial charge in [-0.3, -0.25) is 4.79 Å². The fraction of sp³-hybridized carbons (Fsp3) is 0.409. The van der Waals surface area contributed by atoms with Crippen LogP contribution in [0.2, 0.25) is 0 Å². The molecular formula is C22H27NO3. The molecular weight excluding hydrogens is 326 g/mol. The fourth-order valence-electron chi connectivity index (χ4n) is 3.57. The Morgan fingerprint density at radius 3 is 2.69 bits per heavy atom. The summed E-state index contributed by atoms with van der Waals surface area (Å²) in [6.45, 7) is 8.15. The van der Waals surface area contributed by atoms with E-state index in [1.165, 1.54) is 0 Å². The molecule has 1 aliphatic rings. The molecule has 0 saturated carbocycles. The smallest absolute Gasteiger partial charge is 0.224 e. The first-order valence-corrected chi connectivity index (χ1v) is 9.00. The van der Waals surface area contributed by atoms with Crippen molar-refractivity contribution >= 4 is 5.91 Å². The second-order valence-electron chi connectivity index (χ2n) is 7.71. The minimum atomic E-state index is -0.310. The lowest BCUT2D eigenvalue weighted by atomic mass is 9.89. The largest absolute Gasteiger partial charge is 0.496 e. The maximum absolute atomic E-state index is 12.7. The van der Waals surface area contributed by atoms with Gasteiger partial charge in [-0.15, -0.1) is 0 Å². The van der Waals surface area contributed by atoms with Crippen molar-refractivity contribution in [2.45, 2.75) is 52.2 Å². The molecule has 0 spiro atoms. The van der Waals surface area contributed by atoms with Gasteiger partial charge in [-0.2, -0.15) is 0 Å². The molecule has 4 nitrogen and oxygen atoms in total. The van der Waals surface area contributed by atoms with Crippen molar-refractivity contribution in [2.24, 2.45) is 0 Å². The molecule has 2 aromatic carbocycles. The molecule has 4 heteroatoms. The van der Waals surface area contributed by atoms with E-state index in [1.807, 2.05) is 38.1 Å². The summed E-state index contributed by atoms with van der Waals surface area (Å²) in [7, 11) is 1.65. The number of rotatable bonds is 4. The molecule has 26 heavy (non-hydrogen) atoms. The third-order valence-electron chi connectivity index (χ3n) is 4.79. The van der Waals surface area contributed by atoms with Crippen LogP contribution in [0.1, 0.15) is 48.6 Å². The van der Waals surface area contributed by atoms with E-state index in [9.17, 15) is 4.79 Å². The predicted octanol–water partition coefficient (Wildman–Crippen LogP) is 4.27. The third-order valence-corrected chi connectivity index (χ3v) is 4.79. The van der Waals surface area contributed by atoms with Crippen molar-refractivity contribution in [3.63, 3.8) is 0 Å². The van der Waals surface area contributed by atoms with Crippen LogP contribution in [0.5, 0.6) is 11.5 Å². The van der Waals surface area contributed by atoms with E-state index in [4.69, 9.17) is 9.47 Å². The Morgan fingerprint density at radius 2 is 2.00 bits per heavy atom. The zero-order valence-corrected chi connectivity index (χ0v) is 16.2.